The molecule has 0 aliphatic carbocycles. The molecule has 132 valence electrons. The SMILES string of the molecule is COc1ccccc1-c1cc(=O)n(CC(=O)Nc2ccc(Br)cc2)cn1. The number of carbonyl (C=O) groups is 1. The second-order valence-electron chi connectivity index (χ2n) is 5.50. The van der Waals surface area contributed by atoms with Crippen molar-refractivity contribution in [1.29, 1.82) is 0 Å². The molecule has 1 amide bonds. The minimum Gasteiger partial charge on any atom is -0.496 e. The molecular formula is C19H16BrN3O3. The average Bonchev–Trinajstić information content (AvgIpc) is 2.65. The van der Waals surface area contributed by atoms with E-state index in [9.17, 15) is 9.59 Å². The van der Waals surface area contributed by atoms with E-state index in [1.807, 2.05) is 30.3 Å². The molecule has 1 N–H and O–H groups in total. The van der Waals surface area contributed by atoms with E-state index in [-0.39, 0.29) is 18.0 Å². The predicted molar refractivity (Wildman–Crippen MR) is 103 cm³/mol. The molecule has 1 heterocycles. The molecule has 3 rings (SSSR count). The number of para-hydroxylation sites is 1. The summed E-state index contributed by atoms with van der Waals surface area (Å²) in [5.41, 5.74) is 1.56. The Morgan fingerprint density at radius 1 is 1.19 bits per heavy atom. The Morgan fingerprint density at radius 3 is 2.62 bits per heavy atom. The van der Waals surface area contributed by atoms with Gasteiger partial charge in [0.2, 0.25) is 5.91 Å². The van der Waals surface area contributed by atoms with Crippen LogP contribution in [0, 0.1) is 0 Å². The number of nitrogens with one attached hydrogen (secondary N) is 1. The maximum atomic E-state index is 12.3. The molecule has 0 saturated heterocycles. The molecule has 0 aliphatic heterocycles. The Morgan fingerprint density at radius 2 is 1.92 bits per heavy atom. The highest BCUT2D eigenvalue weighted by Gasteiger charge is 2.10. The second kappa shape index (κ2) is 7.97. The van der Waals surface area contributed by atoms with Gasteiger partial charge in [-0.2, -0.15) is 0 Å². The number of benzene rings is 2. The largest absolute Gasteiger partial charge is 0.496 e. The first kappa shape index (κ1) is 17.9. The molecule has 0 bridgehead atoms. The molecule has 7 heteroatoms. The van der Waals surface area contributed by atoms with Gasteiger partial charge in [0.15, 0.2) is 0 Å². The molecule has 0 saturated carbocycles. The van der Waals surface area contributed by atoms with Crippen LogP contribution in [-0.4, -0.2) is 22.6 Å². The van der Waals surface area contributed by atoms with Crippen molar-refractivity contribution in [2.75, 3.05) is 12.4 Å². The highest BCUT2D eigenvalue weighted by atomic mass is 79.9. The number of halogens is 1. The molecule has 0 radical (unpaired) electrons. The fraction of sp³-hybridized carbons (Fsp3) is 0.105. The molecule has 0 fully saturated rings. The lowest BCUT2D eigenvalue weighted by molar-refractivity contribution is -0.116. The van der Waals surface area contributed by atoms with Crippen molar-refractivity contribution in [3.63, 3.8) is 0 Å². The van der Waals surface area contributed by atoms with Gasteiger partial charge in [-0.05, 0) is 36.4 Å². The normalized spacial score (nSPS) is 10.4. The van der Waals surface area contributed by atoms with Gasteiger partial charge in [-0.15, -0.1) is 0 Å². The van der Waals surface area contributed by atoms with Crippen molar-refractivity contribution in [2.24, 2.45) is 0 Å². The standard InChI is InChI=1S/C19H16BrN3O3/c1-26-17-5-3-2-4-15(17)16-10-19(25)23(12-21-16)11-18(24)22-14-8-6-13(20)7-9-14/h2-10,12H,11H2,1H3,(H,22,24). The Kier molecular flexibility index (Phi) is 5.48. The van der Waals surface area contributed by atoms with Crippen LogP contribution >= 0.6 is 15.9 Å². The van der Waals surface area contributed by atoms with Crippen LogP contribution in [0.15, 0.2) is 70.2 Å². The van der Waals surface area contributed by atoms with Crippen LogP contribution in [0.4, 0.5) is 5.69 Å². The maximum absolute atomic E-state index is 12.3. The summed E-state index contributed by atoms with van der Waals surface area (Å²) in [6.07, 6.45) is 1.37. The summed E-state index contributed by atoms with van der Waals surface area (Å²) in [7, 11) is 1.56. The quantitative estimate of drug-likeness (QED) is 0.695. The van der Waals surface area contributed by atoms with Crippen LogP contribution in [0.25, 0.3) is 11.3 Å². The number of rotatable bonds is 5. The van der Waals surface area contributed by atoms with Gasteiger partial charge in [-0.1, -0.05) is 28.1 Å². The fourth-order valence-corrected chi connectivity index (χ4v) is 2.70. The highest BCUT2D eigenvalue weighted by Crippen LogP contribution is 2.26. The first-order valence-electron chi connectivity index (χ1n) is 7.82. The zero-order valence-corrected chi connectivity index (χ0v) is 15.6. The molecule has 26 heavy (non-hydrogen) atoms. The number of methoxy groups -OCH3 is 1. The van der Waals surface area contributed by atoms with Crippen LogP contribution in [0.5, 0.6) is 5.75 Å². The van der Waals surface area contributed by atoms with Crippen LogP contribution in [0.3, 0.4) is 0 Å². The van der Waals surface area contributed by atoms with E-state index >= 15 is 0 Å². The lowest BCUT2D eigenvalue weighted by atomic mass is 10.1. The van der Waals surface area contributed by atoms with Crippen molar-refractivity contribution in [2.45, 2.75) is 6.54 Å². The molecule has 0 atom stereocenters. The maximum Gasteiger partial charge on any atom is 0.254 e. The van der Waals surface area contributed by atoms with Crippen molar-refractivity contribution in [3.8, 4) is 17.0 Å². The number of hydrogen-bond acceptors (Lipinski definition) is 4. The van der Waals surface area contributed by atoms with Gasteiger partial charge in [-0.25, -0.2) is 4.98 Å². The molecule has 1 aromatic heterocycles. The Labute approximate surface area is 158 Å². The lowest BCUT2D eigenvalue weighted by Gasteiger charge is -2.10. The minimum atomic E-state index is -0.313. The number of nitrogens with zero attached hydrogens (tertiary/aromatic N) is 2. The molecule has 6 nitrogen and oxygen atoms in total. The first-order valence-corrected chi connectivity index (χ1v) is 8.61. The number of carbonyl (C=O) groups excluding carboxylic acids is 1. The van der Waals surface area contributed by atoms with E-state index in [4.69, 9.17) is 4.74 Å². The van der Waals surface area contributed by atoms with Crippen molar-refractivity contribution in [3.05, 3.63) is 75.8 Å². The smallest absolute Gasteiger partial charge is 0.254 e. The third-order valence-corrected chi connectivity index (χ3v) is 4.23. The van der Waals surface area contributed by atoms with Crippen molar-refractivity contribution < 1.29 is 9.53 Å². The van der Waals surface area contributed by atoms with Gasteiger partial charge in [0, 0.05) is 21.8 Å². The highest BCUT2D eigenvalue weighted by molar-refractivity contribution is 9.10. The van der Waals surface area contributed by atoms with Gasteiger partial charge < -0.3 is 10.1 Å². The summed E-state index contributed by atoms with van der Waals surface area (Å²) < 4.78 is 7.47. The van der Waals surface area contributed by atoms with E-state index in [1.54, 1.807) is 25.3 Å². The van der Waals surface area contributed by atoms with Crippen molar-refractivity contribution >= 4 is 27.5 Å². The lowest BCUT2D eigenvalue weighted by Crippen LogP contribution is -2.27. The van der Waals surface area contributed by atoms with Gasteiger partial charge >= 0.3 is 0 Å². The number of amides is 1. The molecule has 0 unspecified atom stereocenters. The summed E-state index contributed by atoms with van der Waals surface area (Å²) in [5.74, 6) is 0.325. The molecular weight excluding hydrogens is 398 g/mol. The monoisotopic (exact) mass is 413 g/mol. The Hall–Kier alpha value is -2.93. The topological polar surface area (TPSA) is 73.2 Å². The third-order valence-electron chi connectivity index (χ3n) is 3.70. The number of ether oxygens (including phenoxy) is 1. The summed E-state index contributed by atoms with van der Waals surface area (Å²) in [5, 5.41) is 2.74. The van der Waals surface area contributed by atoms with E-state index in [0.717, 1.165) is 10.0 Å². The summed E-state index contributed by atoms with van der Waals surface area (Å²) >= 11 is 3.34. The third kappa shape index (κ3) is 4.18. The Balaban J connectivity index is 1.76. The van der Waals surface area contributed by atoms with Gasteiger partial charge in [-0.3, -0.25) is 14.2 Å². The Bertz CT molecular complexity index is 984. The van der Waals surface area contributed by atoms with Crippen LogP contribution in [0.1, 0.15) is 0 Å². The number of aromatic nitrogens is 2. The minimum absolute atomic E-state index is 0.117. The number of hydrogen-bond donors (Lipinski definition) is 1. The summed E-state index contributed by atoms with van der Waals surface area (Å²) in [4.78, 5) is 28.8. The van der Waals surface area contributed by atoms with E-state index < -0.39 is 0 Å². The zero-order valence-electron chi connectivity index (χ0n) is 14.0. The summed E-state index contributed by atoms with van der Waals surface area (Å²) in [6, 6.07) is 15.9. The van der Waals surface area contributed by atoms with E-state index in [1.165, 1.54) is 17.0 Å². The zero-order chi connectivity index (χ0) is 18.5. The molecule has 0 aliphatic rings. The number of anilines is 1. The van der Waals surface area contributed by atoms with Gasteiger partial charge in [0.05, 0.1) is 19.1 Å². The van der Waals surface area contributed by atoms with Crippen LogP contribution in [-0.2, 0) is 11.3 Å². The molecule has 2 aromatic carbocycles. The van der Waals surface area contributed by atoms with Crippen LogP contribution in [0.2, 0.25) is 0 Å². The average molecular weight is 414 g/mol. The molecule has 3 aromatic rings. The molecule has 0 spiro atoms. The fourth-order valence-electron chi connectivity index (χ4n) is 2.44. The van der Waals surface area contributed by atoms with Crippen LogP contribution < -0.4 is 15.6 Å². The van der Waals surface area contributed by atoms with Crippen molar-refractivity contribution in [1.82, 2.24) is 9.55 Å². The van der Waals surface area contributed by atoms with Gasteiger partial charge in [0.25, 0.3) is 5.56 Å². The van der Waals surface area contributed by atoms with E-state index in [2.05, 4.69) is 26.2 Å². The predicted octanol–water partition coefficient (Wildman–Crippen LogP) is 3.32. The summed E-state index contributed by atoms with van der Waals surface area (Å²) in [6.45, 7) is -0.117. The van der Waals surface area contributed by atoms with Gasteiger partial charge in [0.1, 0.15) is 12.3 Å². The second-order valence-corrected chi connectivity index (χ2v) is 6.41. The first-order chi connectivity index (χ1) is 12.6. The van der Waals surface area contributed by atoms with E-state index in [0.29, 0.717) is 17.1 Å².